The minimum absolute atomic E-state index is 0.0540. The van der Waals surface area contributed by atoms with E-state index in [2.05, 4.69) is 5.32 Å². The second kappa shape index (κ2) is 11.0. The van der Waals surface area contributed by atoms with Crippen molar-refractivity contribution in [1.82, 2.24) is 5.32 Å². The number of nitrogens with one attached hydrogen (secondary N) is 1. The Morgan fingerprint density at radius 1 is 1.14 bits per heavy atom. The van der Waals surface area contributed by atoms with E-state index in [0.717, 1.165) is 5.56 Å². The summed E-state index contributed by atoms with van der Waals surface area (Å²) in [5.74, 6) is 0.487. The molecule has 0 heterocycles. The number of carbonyl (C=O) groups is 2. The van der Waals surface area contributed by atoms with E-state index < -0.39 is 18.3 Å². The topological polar surface area (TPSA) is 114 Å². The number of ether oxygens (including phenoxy) is 3. The molecule has 1 amide bonds. The zero-order chi connectivity index (χ0) is 21.2. The van der Waals surface area contributed by atoms with Crippen LogP contribution in [-0.2, 0) is 11.3 Å². The molecule has 2 aromatic rings. The normalized spacial score (nSPS) is 12.6. The second-order valence-corrected chi connectivity index (χ2v) is 6.25. The highest BCUT2D eigenvalue weighted by atomic mass is 16.5. The molecule has 8 nitrogen and oxygen atoms in total. The lowest BCUT2D eigenvalue weighted by Crippen LogP contribution is -2.30. The Balaban J connectivity index is 1.91. The maximum atomic E-state index is 11.8. The van der Waals surface area contributed by atoms with Gasteiger partial charge in [-0.05, 0) is 24.1 Å². The Morgan fingerprint density at radius 2 is 1.86 bits per heavy atom. The molecule has 0 aliphatic rings. The number of amides is 1. The summed E-state index contributed by atoms with van der Waals surface area (Å²) in [5.41, 5.74) is 1.34. The Labute approximate surface area is 169 Å². The fourth-order valence-corrected chi connectivity index (χ4v) is 2.77. The summed E-state index contributed by atoms with van der Waals surface area (Å²) < 4.78 is 15.5. The predicted molar refractivity (Wildman–Crippen MR) is 105 cm³/mol. The van der Waals surface area contributed by atoms with Gasteiger partial charge in [0.25, 0.3) is 0 Å². The van der Waals surface area contributed by atoms with E-state index in [0.29, 0.717) is 6.29 Å². The SMILES string of the molecule is COc1cc(C=O)cc(C(O)C(O)CCNC(=O)OCc2ccccc2)c1OC. The zero-order valence-corrected chi connectivity index (χ0v) is 16.3. The Morgan fingerprint density at radius 3 is 2.48 bits per heavy atom. The molecular weight excluding hydrogens is 378 g/mol. The molecule has 2 rings (SSSR count). The van der Waals surface area contributed by atoms with Crippen LogP contribution in [0.5, 0.6) is 11.5 Å². The average molecular weight is 403 g/mol. The van der Waals surface area contributed by atoms with E-state index in [1.165, 1.54) is 26.4 Å². The third-order valence-electron chi connectivity index (χ3n) is 4.27. The molecule has 0 spiro atoms. The van der Waals surface area contributed by atoms with Gasteiger partial charge in [-0.1, -0.05) is 30.3 Å². The van der Waals surface area contributed by atoms with Crippen LogP contribution in [-0.4, -0.2) is 49.5 Å². The van der Waals surface area contributed by atoms with Gasteiger partial charge >= 0.3 is 6.09 Å². The number of aliphatic hydroxyl groups excluding tert-OH is 2. The number of carbonyl (C=O) groups excluding carboxylic acids is 2. The van der Waals surface area contributed by atoms with E-state index in [9.17, 15) is 19.8 Å². The minimum atomic E-state index is -1.35. The van der Waals surface area contributed by atoms with Crippen molar-refractivity contribution in [3.8, 4) is 11.5 Å². The molecule has 2 aromatic carbocycles. The standard InChI is InChI=1S/C21H25NO7/c1-27-18-11-15(12-23)10-16(20(18)28-2)19(25)17(24)8-9-22-21(26)29-13-14-6-4-3-5-7-14/h3-7,10-12,17,19,24-25H,8-9,13H2,1-2H3,(H,22,26). The average Bonchev–Trinajstić information content (AvgIpc) is 2.76. The number of hydrogen-bond donors (Lipinski definition) is 3. The molecule has 0 aliphatic carbocycles. The smallest absolute Gasteiger partial charge is 0.407 e. The van der Waals surface area contributed by atoms with E-state index in [-0.39, 0.29) is 42.2 Å². The van der Waals surface area contributed by atoms with E-state index >= 15 is 0 Å². The van der Waals surface area contributed by atoms with Gasteiger partial charge < -0.3 is 29.7 Å². The first-order valence-corrected chi connectivity index (χ1v) is 9.02. The van der Waals surface area contributed by atoms with Crippen LogP contribution in [0, 0.1) is 0 Å². The van der Waals surface area contributed by atoms with Crippen molar-refractivity contribution < 1.29 is 34.0 Å². The lowest BCUT2D eigenvalue weighted by molar-refractivity contribution is 0.0121. The molecule has 2 unspecified atom stereocenters. The van der Waals surface area contributed by atoms with Crippen LogP contribution in [0.25, 0.3) is 0 Å². The third-order valence-corrected chi connectivity index (χ3v) is 4.27. The van der Waals surface area contributed by atoms with Gasteiger partial charge in [-0.2, -0.15) is 0 Å². The molecule has 0 saturated carbocycles. The molecular formula is C21H25NO7. The molecule has 8 heteroatoms. The van der Waals surface area contributed by atoms with Gasteiger partial charge in [0.2, 0.25) is 0 Å². The third kappa shape index (κ3) is 6.20. The van der Waals surface area contributed by atoms with Crippen molar-refractivity contribution in [2.24, 2.45) is 0 Å². The second-order valence-electron chi connectivity index (χ2n) is 6.25. The fraction of sp³-hybridized carbons (Fsp3) is 0.333. The summed E-state index contributed by atoms with van der Waals surface area (Å²) in [4.78, 5) is 22.9. The highest BCUT2D eigenvalue weighted by Crippen LogP contribution is 2.37. The molecule has 0 fully saturated rings. The molecule has 0 saturated heterocycles. The largest absolute Gasteiger partial charge is 0.493 e. The van der Waals surface area contributed by atoms with Crippen LogP contribution in [0.2, 0.25) is 0 Å². The van der Waals surface area contributed by atoms with Crippen LogP contribution in [0.15, 0.2) is 42.5 Å². The maximum absolute atomic E-state index is 11.8. The van der Waals surface area contributed by atoms with Crippen LogP contribution in [0.3, 0.4) is 0 Å². The Kier molecular flexibility index (Phi) is 8.45. The number of alkyl carbamates (subject to hydrolysis) is 1. The van der Waals surface area contributed by atoms with Gasteiger partial charge in [0, 0.05) is 17.7 Å². The van der Waals surface area contributed by atoms with Crippen LogP contribution >= 0.6 is 0 Å². The Hall–Kier alpha value is -3.10. The first kappa shape index (κ1) is 22.2. The van der Waals surface area contributed by atoms with Crippen molar-refractivity contribution in [1.29, 1.82) is 0 Å². The van der Waals surface area contributed by atoms with Crippen LogP contribution in [0.1, 0.15) is 34.0 Å². The highest BCUT2D eigenvalue weighted by molar-refractivity contribution is 5.77. The van der Waals surface area contributed by atoms with Gasteiger partial charge in [0.05, 0.1) is 20.3 Å². The first-order chi connectivity index (χ1) is 14.0. The molecule has 2 atom stereocenters. The van der Waals surface area contributed by atoms with Crippen molar-refractivity contribution in [2.45, 2.75) is 25.2 Å². The quantitative estimate of drug-likeness (QED) is 0.521. The summed E-state index contributed by atoms with van der Waals surface area (Å²) in [6.07, 6.45) is -2.53. The van der Waals surface area contributed by atoms with Gasteiger partial charge in [0.1, 0.15) is 19.0 Å². The van der Waals surface area contributed by atoms with Gasteiger partial charge in [-0.15, -0.1) is 0 Å². The van der Waals surface area contributed by atoms with E-state index in [1.54, 1.807) is 0 Å². The number of benzene rings is 2. The molecule has 0 aliphatic heterocycles. The number of hydrogen-bond acceptors (Lipinski definition) is 7. The number of aldehydes is 1. The van der Waals surface area contributed by atoms with Gasteiger partial charge in [-0.3, -0.25) is 4.79 Å². The van der Waals surface area contributed by atoms with Gasteiger partial charge in [0.15, 0.2) is 11.5 Å². The molecule has 29 heavy (non-hydrogen) atoms. The van der Waals surface area contributed by atoms with Crippen LogP contribution < -0.4 is 14.8 Å². The lowest BCUT2D eigenvalue weighted by Gasteiger charge is -2.22. The molecule has 156 valence electrons. The monoisotopic (exact) mass is 403 g/mol. The summed E-state index contributed by atoms with van der Waals surface area (Å²) in [6, 6.07) is 12.1. The molecule has 0 radical (unpaired) electrons. The zero-order valence-electron chi connectivity index (χ0n) is 16.3. The first-order valence-electron chi connectivity index (χ1n) is 9.02. The van der Waals surface area contributed by atoms with Crippen molar-refractivity contribution in [2.75, 3.05) is 20.8 Å². The molecule has 3 N–H and O–H groups in total. The number of rotatable bonds is 10. The lowest BCUT2D eigenvalue weighted by atomic mass is 9.98. The number of aliphatic hydroxyl groups is 2. The minimum Gasteiger partial charge on any atom is -0.493 e. The summed E-state index contributed by atoms with van der Waals surface area (Å²) in [7, 11) is 2.80. The molecule has 0 bridgehead atoms. The van der Waals surface area contributed by atoms with E-state index in [4.69, 9.17) is 14.2 Å². The van der Waals surface area contributed by atoms with Crippen molar-refractivity contribution in [3.05, 3.63) is 59.2 Å². The fourth-order valence-electron chi connectivity index (χ4n) is 2.77. The maximum Gasteiger partial charge on any atom is 0.407 e. The van der Waals surface area contributed by atoms with Crippen LogP contribution in [0.4, 0.5) is 4.79 Å². The summed E-state index contributed by atoms with van der Waals surface area (Å²) in [6.45, 7) is 0.214. The van der Waals surface area contributed by atoms with Gasteiger partial charge in [-0.25, -0.2) is 4.79 Å². The highest BCUT2D eigenvalue weighted by Gasteiger charge is 2.25. The van der Waals surface area contributed by atoms with E-state index in [1.807, 2.05) is 30.3 Å². The Bertz CT molecular complexity index is 810. The van der Waals surface area contributed by atoms with Crippen molar-refractivity contribution in [3.63, 3.8) is 0 Å². The predicted octanol–water partition coefficient (Wildman–Crippen LogP) is 2.23. The molecule has 0 aromatic heterocycles. The summed E-state index contributed by atoms with van der Waals surface area (Å²) >= 11 is 0. The summed E-state index contributed by atoms with van der Waals surface area (Å²) in [5, 5.41) is 23.3. The van der Waals surface area contributed by atoms with Crippen molar-refractivity contribution >= 4 is 12.4 Å². The number of methoxy groups -OCH3 is 2.